The van der Waals surface area contributed by atoms with E-state index in [1.807, 2.05) is 57.2 Å². The number of aryl methyl sites for hydroxylation is 2. The first kappa shape index (κ1) is 16.3. The quantitative estimate of drug-likeness (QED) is 0.843. The van der Waals surface area contributed by atoms with Gasteiger partial charge < -0.3 is 9.73 Å². The number of hydrogen-bond acceptors (Lipinski definition) is 2. The molecule has 2 unspecified atom stereocenters. The normalized spacial score (nSPS) is 13.6. The largest absolute Gasteiger partial charge is 0.466 e. The van der Waals surface area contributed by atoms with Gasteiger partial charge in [0.15, 0.2) is 0 Å². The Morgan fingerprint density at radius 1 is 1.23 bits per heavy atom. The second kappa shape index (κ2) is 7.30. The molecule has 22 heavy (non-hydrogen) atoms. The van der Waals surface area contributed by atoms with E-state index < -0.39 is 0 Å². The van der Waals surface area contributed by atoms with Crippen LogP contribution in [0.3, 0.4) is 0 Å². The van der Waals surface area contributed by atoms with Gasteiger partial charge in [-0.15, -0.1) is 0 Å². The van der Waals surface area contributed by atoms with Gasteiger partial charge in [-0.3, -0.25) is 4.79 Å². The Balaban J connectivity index is 2.13. The van der Waals surface area contributed by atoms with E-state index in [1.54, 1.807) is 0 Å². The summed E-state index contributed by atoms with van der Waals surface area (Å²) in [5, 5.41) is 3.13. The van der Waals surface area contributed by atoms with Crippen LogP contribution in [0.2, 0.25) is 0 Å². The van der Waals surface area contributed by atoms with Gasteiger partial charge in [0, 0.05) is 5.56 Å². The molecule has 2 rings (SSSR count). The summed E-state index contributed by atoms with van der Waals surface area (Å²) in [5.74, 6) is 1.74. The predicted molar refractivity (Wildman–Crippen MR) is 88.8 cm³/mol. The molecular weight excluding hydrogens is 274 g/mol. The van der Waals surface area contributed by atoms with Gasteiger partial charge in [-0.1, -0.05) is 43.7 Å². The summed E-state index contributed by atoms with van der Waals surface area (Å²) in [6.07, 6.45) is 1.83. The fraction of sp³-hybridized carbons (Fsp3) is 0.421. The minimum atomic E-state index is -0.0954. The lowest BCUT2D eigenvalue weighted by Crippen LogP contribution is -2.31. The lowest BCUT2D eigenvalue weighted by molar-refractivity contribution is -0.123. The van der Waals surface area contributed by atoms with Crippen LogP contribution < -0.4 is 5.32 Å². The summed E-state index contributed by atoms with van der Waals surface area (Å²) in [6.45, 7) is 7.97. The van der Waals surface area contributed by atoms with Crippen LogP contribution in [-0.4, -0.2) is 5.91 Å². The van der Waals surface area contributed by atoms with Crippen LogP contribution in [0.25, 0.3) is 0 Å². The van der Waals surface area contributed by atoms with E-state index in [9.17, 15) is 4.79 Å². The highest BCUT2D eigenvalue weighted by Gasteiger charge is 2.22. The second-order valence-electron chi connectivity index (χ2n) is 5.85. The fourth-order valence-electron chi connectivity index (χ4n) is 2.90. The highest BCUT2D eigenvalue weighted by atomic mass is 16.3. The maximum Gasteiger partial charge on any atom is 0.228 e. The molecule has 0 radical (unpaired) electrons. The smallest absolute Gasteiger partial charge is 0.228 e. The SMILES string of the molecule is CCCC(C(=O)NC(C)c1cc(C)oc1C)c1ccccc1. The lowest BCUT2D eigenvalue weighted by Gasteiger charge is -2.20. The summed E-state index contributed by atoms with van der Waals surface area (Å²) >= 11 is 0. The van der Waals surface area contributed by atoms with Gasteiger partial charge in [-0.25, -0.2) is 0 Å². The molecule has 2 atom stereocenters. The van der Waals surface area contributed by atoms with E-state index in [0.29, 0.717) is 0 Å². The molecule has 1 N–H and O–H groups in total. The molecule has 1 aromatic carbocycles. The van der Waals surface area contributed by atoms with E-state index in [-0.39, 0.29) is 17.9 Å². The van der Waals surface area contributed by atoms with Crippen molar-refractivity contribution in [2.75, 3.05) is 0 Å². The first-order valence-corrected chi connectivity index (χ1v) is 7.95. The Labute approximate surface area is 132 Å². The van der Waals surface area contributed by atoms with Crippen LogP contribution in [0.5, 0.6) is 0 Å². The van der Waals surface area contributed by atoms with Crippen LogP contribution in [0.4, 0.5) is 0 Å². The first-order chi connectivity index (χ1) is 10.5. The predicted octanol–water partition coefficient (Wildman–Crippen LogP) is 4.66. The number of furan rings is 1. The van der Waals surface area contributed by atoms with Crippen LogP contribution >= 0.6 is 0 Å². The number of nitrogens with one attached hydrogen (secondary N) is 1. The Morgan fingerprint density at radius 3 is 2.45 bits per heavy atom. The summed E-state index contributed by atoms with van der Waals surface area (Å²) in [6, 6.07) is 11.9. The van der Waals surface area contributed by atoms with Gasteiger partial charge in [0.05, 0.1) is 12.0 Å². The number of carbonyl (C=O) groups is 1. The molecule has 0 spiro atoms. The topological polar surface area (TPSA) is 42.2 Å². The van der Waals surface area contributed by atoms with Gasteiger partial charge in [-0.2, -0.15) is 0 Å². The van der Waals surface area contributed by atoms with E-state index in [0.717, 1.165) is 35.5 Å². The second-order valence-corrected chi connectivity index (χ2v) is 5.85. The van der Waals surface area contributed by atoms with Crippen LogP contribution in [0, 0.1) is 13.8 Å². The highest BCUT2D eigenvalue weighted by molar-refractivity contribution is 5.84. The summed E-state index contributed by atoms with van der Waals surface area (Å²) in [4.78, 5) is 12.7. The van der Waals surface area contributed by atoms with Gasteiger partial charge >= 0.3 is 0 Å². The van der Waals surface area contributed by atoms with Gasteiger partial charge in [0.25, 0.3) is 0 Å². The van der Waals surface area contributed by atoms with Crippen molar-refractivity contribution in [3.63, 3.8) is 0 Å². The standard InChI is InChI=1S/C19H25NO2/c1-5-9-17(16-10-7-6-8-11-16)19(21)20-14(3)18-12-13(2)22-15(18)4/h6-8,10-12,14,17H,5,9H2,1-4H3,(H,20,21). The Hall–Kier alpha value is -2.03. The molecule has 118 valence electrons. The molecule has 0 aliphatic carbocycles. The minimum Gasteiger partial charge on any atom is -0.466 e. The van der Waals surface area contributed by atoms with Gasteiger partial charge in [-0.05, 0) is 38.8 Å². The number of carbonyl (C=O) groups excluding carboxylic acids is 1. The van der Waals surface area contributed by atoms with Crippen molar-refractivity contribution in [2.24, 2.45) is 0 Å². The van der Waals surface area contributed by atoms with Crippen molar-refractivity contribution < 1.29 is 9.21 Å². The molecule has 3 nitrogen and oxygen atoms in total. The van der Waals surface area contributed by atoms with E-state index in [2.05, 4.69) is 12.2 Å². The average Bonchev–Trinajstić information content (AvgIpc) is 2.84. The zero-order valence-corrected chi connectivity index (χ0v) is 13.8. The Kier molecular flexibility index (Phi) is 5.42. The third-order valence-corrected chi connectivity index (χ3v) is 4.00. The molecule has 1 heterocycles. The molecular formula is C19H25NO2. The number of hydrogen-bond donors (Lipinski definition) is 1. The molecule has 0 bridgehead atoms. The molecule has 0 aliphatic rings. The highest BCUT2D eigenvalue weighted by Crippen LogP contribution is 2.25. The van der Waals surface area contributed by atoms with Crippen LogP contribution in [0.15, 0.2) is 40.8 Å². The van der Waals surface area contributed by atoms with Gasteiger partial charge in [0.1, 0.15) is 11.5 Å². The van der Waals surface area contributed by atoms with Crippen molar-refractivity contribution in [1.82, 2.24) is 5.32 Å². The van der Waals surface area contributed by atoms with Crippen molar-refractivity contribution in [2.45, 2.75) is 52.5 Å². The number of rotatable bonds is 6. The first-order valence-electron chi connectivity index (χ1n) is 7.95. The van der Waals surface area contributed by atoms with Crippen LogP contribution in [0.1, 0.15) is 61.3 Å². The maximum absolute atomic E-state index is 12.7. The molecule has 0 saturated carbocycles. The summed E-state index contributed by atoms with van der Waals surface area (Å²) in [7, 11) is 0. The number of benzene rings is 1. The molecule has 0 fully saturated rings. The lowest BCUT2D eigenvalue weighted by atomic mass is 9.93. The maximum atomic E-state index is 12.7. The Bertz CT molecular complexity index is 616. The molecule has 1 amide bonds. The van der Waals surface area contributed by atoms with Crippen molar-refractivity contribution in [1.29, 1.82) is 0 Å². The van der Waals surface area contributed by atoms with Crippen molar-refractivity contribution >= 4 is 5.91 Å². The third-order valence-electron chi connectivity index (χ3n) is 4.00. The minimum absolute atomic E-state index is 0.0481. The molecule has 3 heteroatoms. The van der Waals surface area contributed by atoms with E-state index in [1.165, 1.54) is 0 Å². The van der Waals surface area contributed by atoms with E-state index in [4.69, 9.17) is 4.42 Å². The molecule has 2 aromatic rings. The van der Waals surface area contributed by atoms with Crippen LogP contribution in [-0.2, 0) is 4.79 Å². The Morgan fingerprint density at radius 2 is 1.91 bits per heavy atom. The molecule has 0 aliphatic heterocycles. The zero-order valence-electron chi connectivity index (χ0n) is 13.8. The third kappa shape index (κ3) is 3.79. The molecule has 0 saturated heterocycles. The van der Waals surface area contributed by atoms with Crippen molar-refractivity contribution in [3.05, 3.63) is 59.0 Å². The zero-order chi connectivity index (χ0) is 16.1. The fourth-order valence-corrected chi connectivity index (χ4v) is 2.90. The summed E-state index contributed by atoms with van der Waals surface area (Å²) in [5.41, 5.74) is 2.13. The number of amides is 1. The van der Waals surface area contributed by atoms with Gasteiger partial charge in [0.2, 0.25) is 5.91 Å². The van der Waals surface area contributed by atoms with Crippen molar-refractivity contribution in [3.8, 4) is 0 Å². The average molecular weight is 299 g/mol. The van der Waals surface area contributed by atoms with E-state index >= 15 is 0 Å². The monoisotopic (exact) mass is 299 g/mol. The molecule has 1 aromatic heterocycles. The summed E-state index contributed by atoms with van der Waals surface area (Å²) < 4.78 is 5.56.